The van der Waals surface area contributed by atoms with Gasteiger partial charge in [-0.2, -0.15) is 0 Å². The maximum Gasteiger partial charge on any atom is 0.321 e. The van der Waals surface area contributed by atoms with E-state index in [-0.39, 0.29) is 18.7 Å². The fourth-order valence-electron chi connectivity index (χ4n) is 3.88. The summed E-state index contributed by atoms with van der Waals surface area (Å²) in [5, 5.41) is 24.9. The largest absolute Gasteiger partial charge is 0.396 e. The number of anilines is 1. The number of urea groups is 1. The fourth-order valence-corrected chi connectivity index (χ4v) is 4.78. The van der Waals surface area contributed by atoms with Gasteiger partial charge in [-0.3, -0.25) is 5.32 Å². The van der Waals surface area contributed by atoms with Crippen molar-refractivity contribution in [1.82, 2.24) is 15.5 Å². The van der Waals surface area contributed by atoms with Gasteiger partial charge in [0.2, 0.25) is 5.13 Å². The number of aliphatic hydroxyl groups is 1. The number of rotatable bonds is 4. The number of carbonyl (C=O) groups is 1. The lowest BCUT2D eigenvalue weighted by Gasteiger charge is -2.27. The van der Waals surface area contributed by atoms with Crippen LogP contribution in [0.5, 0.6) is 0 Å². The van der Waals surface area contributed by atoms with Gasteiger partial charge in [-0.1, -0.05) is 11.3 Å². The van der Waals surface area contributed by atoms with Gasteiger partial charge in [0.25, 0.3) is 0 Å². The van der Waals surface area contributed by atoms with E-state index in [2.05, 4.69) is 20.8 Å². The van der Waals surface area contributed by atoms with Gasteiger partial charge >= 0.3 is 6.03 Å². The lowest BCUT2D eigenvalue weighted by molar-refractivity contribution is 0.165. The molecule has 1 aromatic heterocycles. The molecule has 4 rings (SSSR count). The zero-order chi connectivity index (χ0) is 14.4. The number of aliphatic hydroxyl groups excluding tert-OH is 1. The summed E-state index contributed by atoms with van der Waals surface area (Å²) in [6.07, 6.45) is 5.56. The van der Waals surface area contributed by atoms with E-state index in [9.17, 15) is 9.90 Å². The molecule has 4 atom stereocenters. The Morgan fingerprint density at radius 1 is 1.24 bits per heavy atom. The molecule has 7 heteroatoms. The predicted octanol–water partition coefficient (Wildman–Crippen LogP) is 1.94. The van der Waals surface area contributed by atoms with Crippen LogP contribution in [-0.2, 0) is 0 Å². The first-order chi connectivity index (χ1) is 10.2. The maximum absolute atomic E-state index is 12.1. The molecule has 3 saturated carbocycles. The molecule has 6 nitrogen and oxygen atoms in total. The molecule has 0 saturated heterocycles. The standard InChI is InChI=1S/C14H20N4O2S/c19-6-10-4-9-3-8(10)5-11(9)15-13(20)16-14-18-17-12(21-14)7-1-2-7/h7-11,19H,1-6H2,(H2,15,16,18,20)/t8-,9-,10+,11-/m1/s1. The molecule has 0 aliphatic heterocycles. The van der Waals surface area contributed by atoms with E-state index in [4.69, 9.17) is 0 Å². The molecule has 21 heavy (non-hydrogen) atoms. The average molecular weight is 308 g/mol. The third-order valence-corrected chi connectivity index (χ3v) is 6.14. The summed E-state index contributed by atoms with van der Waals surface area (Å²) in [5.41, 5.74) is 0. The number of carbonyl (C=O) groups excluding carboxylic acids is 1. The molecule has 1 heterocycles. The molecule has 114 valence electrons. The van der Waals surface area contributed by atoms with Gasteiger partial charge in [0.15, 0.2) is 0 Å². The van der Waals surface area contributed by atoms with Crippen molar-refractivity contribution in [3.8, 4) is 0 Å². The summed E-state index contributed by atoms with van der Waals surface area (Å²) in [5.74, 6) is 2.12. The second-order valence-electron chi connectivity index (χ2n) is 6.59. The summed E-state index contributed by atoms with van der Waals surface area (Å²) in [4.78, 5) is 12.1. The Morgan fingerprint density at radius 3 is 2.76 bits per heavy atom. The minimum absolute atomic E-state index is 0.174. The Morgan fingerprint density at radius 2 is 2.10 bits per heavy atom. The van der Waals surface area contributed by atoms with Crippen LogP contribution >= 0.6 is 11.3 Å². The molecular weight excluding hydrogens is 288 g/mol. The first-order valence-corrected chi connectivity index (χ1v) is 8.56. The Kier molecular flexibility index (Phi) is 3.34. The number of hydrogen-bond acceptors (Lipinski definition) is 5. The van der Waals surface area contributed by atoms with Crippen LogP contribution in [0.1, 0.15) is 43.0 Å². The number of fused-ring (bicyclic) bond motifs is 2. The van der Waals surface area contributed by atoms with Crippen LogP contribution in [0.3, 0.4) is 0 Å². The van der Waals surface area contributed by atoms with E-state index in [1.807, 2.05) is 0 Å². The predicted molar refractivity (Wildman–Crippen MR) is 79.2 cm³/mol. The monoisotopic (exact) mass is 308 g/mol. The Labute approximate surface area is 127 Å². The third-order valence-electron chi connectivity index (χ3n) is 5.14. The highest BCUT2D eigenvalue weighted by molar-refractivity contribution is 7.15. The van der Waals surface area contributed by atoms with Crippen LogP contribution in [0.25, 0.3) is 0 Å². The normalized spacial score (nSPS) is 34.1. The number of nitrogens with one attached hydrogen (secondary N) is 2. The highest BCUT2D eigenvalue weighted by atomic mass is 32.1. The number of nitrogens with zero attached hydrogens (tertiary/aromatic N) is 2. The molecule has 2 bridgehead atoms. The van der Waals surface area contributed by atoms with Gasteiger partial charge in [0, 0.05) is 18.6 Å². The van der Waals surface area contributed by atoms with Crippen molar-refractivity contribution < 1.29 is 9.90 Å². The van der Waals surface area contributed by atoms with Gasteiger partial charge < -0.3 is 10.4 Å². The van der Waals surface area contributed by atoms with E-state index in [0.717, 1.165) is 24.3 Å². The molecule has 0 aromatic carbocycles. The quantitative estimate of drug-likeness (QED) is 0.793. The second kappa shape index (κ2) is 5.21. The maximum atomic E-state index is 12.1. The molecule has 3 N–H and O–H groups in total. The molecule has 3 aliphatic rings. The van der Waals surface area contributed by atoms with E-state index < -0.39 is 0 Å². The Hall–Kier alpha value is -1.21. The van der Waals surface area contributed by atoms with Crippen molar-refractivity contribution in [3.63, 3.8) is 0 Å². The summed E-state index contributed by atoms with van der Waals surface area (Å²) in [6, 6.07) is 0.0696. The fraction of sp³-hybridized carbons (Fsp3) is 0.786. The van der Waals surface area contributed by atoms with Crippen LogP contribution in [0, 0.1) is 17.8 Å². The molecule has 2 amide bonds. The van der Waals surface area contributed by atoms with E-state index in [0.29, 0.717) is 28.8 Å². The van der Waals surface area contributed by atoms with Gasteiger partial charge in [-0.05, 0) is 49.9 Å². The average Bonchev–Trinajstić information content (AvgIpc) is 2.92. The van der Waals surface area contributed by atoms with E-state index in [1.54, 1.807) is 0 Å². The molecule has 0 unspecified atom stereocenters. The zero-order valence-electron chi connectivity index (χ0n) is 11.8. The Bertz CT molecular complexity index is 545. The summed E-state index contributed by atoms with van der Waals surface area (Å²) < 4.78 is 0. The molecule has 0 radical (unpaired) electrons. The molecule has 3 fully saturated rings. The van der Waals surface area contributed by atoms with Crippen molar-refractivity contribution in [2.75, 3.05) is 11.9 Å². The lowest BCUT2D eigenvalue weighted by Crippen LogP contribution is -2.42. The van der Waals surface area contributed by atoms with Crippen molar-refractivity contribution in [2.45, 2.75) is 44.1 Å². The molecule has 3 aliphatic carbocycles. The number of aromatic nitrogens is 2. The Balaban J connectivity index is 1.30. The van der Waals surface area contributed by atoms with Crippen LogP contribution in [-0.4, -0.2) is 34.0 Å². The first kappa shape index (κ1) is 13.5. The lowest BCUT2D eigenvalue weighted by atomic mass is 9.86. The van der Waals surface area contributed by atoms with Crippen LogP contribution in [0.4, 0.5) is 9.93 Å². The topological polar surface area (TPSA) is 87.1 Å². The second-order valence-corrected chi connectivity index (χ2v) is 7.60. The smallest absolute Gasteiger partial charge is 0.321 e. The van der Waals surface area contributed by atoms with Crippen molar-refractivity contribution >= 4 is 22.5 Å². The van der Waals surface area contributed by atoms with Gasteiger partial charge in [-0.25, -0.2) is 4.79 Å². The van der Waals surface area contributed by atoms with Crippen molar-refractivity contribution in [2.24, 2.45) is 17.8 Å². The van der Waals surface area contributed by atoms with Crippen molar-refractivity contribution in [1.29, 1.82) is 0 Å². The molecular formula is C14H20N4O2S. The minimum Gasteiger partial charge on any atom is -0.396 e. The summed E-state index contributed by atoms with van der Waals surface area (Å²) in [7, 11) is 0. The van der Waals surface area contributed by atoms with Crippen LogP contribution in [0.2, 0.25) is 0 Å². The summed E-state index contributed by atoms with van der Waals surface area (Å²) in [6.45, 7) is 0.287. The third kappa shape index (κ3) is 2.64. The van der Waals surface area contributed by atoms with E-state index >= 15 is 0 Å². The van der Waals surface area contributed by atoms with Crippen LogP contribution < -0.4 is 10.6 Å². The first-order valence-electron chi connectivity index (χ1n) is 7.74. The van der Waals surface area contributed by atoms with Gasteiger partial charge in [0.1, 0.15) is 5.01 Å². The summed E-state index contributed by atoms with van der Waals surface area (Å²) >= 11 is 1.48. The van der Waals surface area contributed by atoms with Gasteiger partial charge in [0.05, 0.1) is 0 Å². The SMILES string of the molecule is O=C(Nc1nnc(C2CC2)s1)N[C@@H]1C[C@H]2C[C@@H]1C[C@H]2CO. The highest BCUT2D eigenvalue weighted by Crippen LogP contribution is 2.48. The van der Waals surface area contributed by atoms with Crippen molar-refractivity contribution in [3.05, 3.63) is 5.01 Å². The molecule has 0 spiro atoms. The van der Waals surface area contributed by atoms with Crippen LogP contribution in [0.15, 0.2) is 0 Å². The number of amides is 2. The molecule has 1 aromatic rings. The van der Waals surface area contributed by atoms with Gasteiger partial charge in [-0.15, -0.1) is 10.2 Å². The zero-order valence-corrected chi connectivity index (χ0v) is 12.6. The highest BCUT2D eigenvalue weighted by Gasteiger charge is 2.45. The minimum atomic E-state index is -0.174. The number of hydrogen-bond donors (Lipinski definition) is 3. The van der Waals surface area contributed by atoms with E-state index in [1.165, 1.54) is 24.2 Å².